The lowest BCUT2D eigenvalue weighted by molar-refractivity contribution is 0.155. The fourth-order valence-corrected chi connectivity index (χ4v) is 2.66. The summed E-state index contributed by atoms with van der Waals surface area (Å²) in [5.74, 6) is -0.843. The molecule has 1 aromatic carbocycles. The highest BCUT2D eigenvalue weighted by molar-refractivity contribution is 7.50. The summed E-state index contributed by atoms with van der Waals surface area (Å²) in [6.07, 6.45) is 3.10. The summed E-state index contributed by atoms with van der Waals surface area (Å²) < 4.78 is 14.3. The van der Waals surface area contributed by atoms with Crippen LogP contribution in [0, 0.1) is 5.92 Å². The van der Waals surface area contributed by atoms with Crippen LogP contribution >= 0.6 is 7.75 Å². The highest BCUT2D eigenvalue weighted by Gasteiger charge is 2.27. The first-order chi connectivity index (χ1) is 10.2. The maximum absolute atomic E-state index is 11.0. The minimum atomic E-state index is -4.67. The SMILES string of the molecule is O=P(O)(O)N=C1C=C(O)C=CC1C(O)Cc1ccc(O)cc1. The van der Waals surface area contributed by atoms with Crippen molar-refractivity contribution in [1.82, 2.24) is 0 Å². The number of benzene rings is 1. The molecule has 2 atom stereocenters. The second kappa shape index (κ2) is 6.46. The maximum Gasteiger partial charge on any atom is 0.448 e. The van der Waals surface area contributed by atoms with E-state index in [9.17, 15) is 19.9 Å². The average molecular weight is 325 g/mol. The molecule has 0 bridgehead atoms. The number of aromatic hydroxyl groups is 1. The van der Waals surface area contributed by atoms with Crippen molar-refractivity contribution in [2.75, 3.05) is 0 Å². The molecule has 2 unspecified atom stereocenters. The Kier molecular flexibility index (Phi) is 4.83. The summed E-state index contributed by atoms with van der Waals surface area (Å²) in [4.78, 5) is 17.9. The van der Waals surface area contributed by atoms with Crippen LogP contribution in [-0.2, 0) is 11.0 Å². The monoisotopic (exact) mass is 325 g/mol. The number of nitrogens with zero attached hydrogens (tertiary/aromatic N) is 1. The van der Waals surface area contributed by atoms with E-state index in [1.807, 2.05) is 0 Å². The van der Waals surface area contributed by atoms with Crippen molar-refractivity contribution in [3.8, 4) is 5.75 Å². The normalized spacial score (nSPS) is 21.7. The molecule has 0 radical (unpaired) electrons. The molecule has 0 heterocycles. The topological polar surface area (TPSA) is 131 Å². The predicted octanol–water partition coefficient (Wildman–Crippen LogP) is 1.46. The van der Waals surface area contributed by atoms with Crippen molar-refractivity contribution in [2.45, 2.75) is 12.5 Å². The Morgan fingerprint density at radius 1 is 1.18 bits per heavy atom. The van der Waals surface area contributed by atoms with Gasteiger partial charge in [0.05, 0.1) is 11.8 Å². The van der Waals surface area contributed by atoms with Crippen LogP contribution in [0.5, 0.6) is 5.75 Å². The zero-order chi connectivity index (χ0) is 16.3. The van der Waals surface area contributed by atoms with Crippen molar-refractivity contribution in [2.24, 2.45) is 10.7 Å². The van der Waals surface area contributed by atoms with E-state index in [-0.39, 0.29) is 23.6 Å². The lowest BCUT2D eigenvalue weighted by Gasteiger charge is -2.23. The average Bonchev–Trinajstić information content (AvgIpc) is 2.39. The van der Waals surface area contributed by atoms with E-state index in [2.05, 4.69) is 4.76 Å². The van der Waals surface area contributed by atoms with Crippen molar-refractivity contribution >= 4 is 13.5 Å². The minimum absolute atomic E-state index is 0.0837. The van der Waals surface area contributed by atoms with Gasteiger partial charge in [0.15, 0.2) is 0 Å². The minimum Gasteiger partial charge on any atom is -0.508 e. The predicted molar refractivity (Wildman–Crippen MR) is 80.6 cm³/mol. The van der Waals surface area contributed by atoms with E-state index in [0.717, 1.165) is 11.6 Å². The number of aliphatic hydroxyl groups excluding tert-OH is 2. The lowest BCUT2D eigenvalue weighted by Crippen LogP contribution is -2.29. The fraction of sp³-hybridized carbons (Fsp3) is 0.214. The van der Waals surface area contributed by atoms with Crippen LogP contribution in [0.4, 0.5) is 0 Å². The van der Waals surface area contributed by atoms with Gasteiger partial charge in [-0.2, -0.15) is 4.76 Å². The molecule has 8 heteroatoms. The number of rotatable bonds is 4. The summed E-state index contributed by atoms with van der Waals surface area (Å²) in [6.45, 7) is 0. The van der Waals surface area contributed by atoms with Crippen molar-refractivity contribution < 1.29 is 29.7 Å². The van der Waals surface area contributed by atoms with E-state index in [1.54, 1.807) is 12.1 Å². The molecule has 0 fully saturated rings. The molecule has 0 amide bonds. The number of hydrogen-bond donors (Lipinski definition) is 5. The highest BCUT2D eigenvalue weighted by Crippen LogP contribution is 2.38. The van der Waals surface area contributed by atoms with Crippen LogP contribution in [0.1, 0.15) is 5.56 Å². The van der Waals surface area contributed by atoms with Crippen molar-refractivity contribution in [1.29, 1.82) is 0 Å². The first-order valence-corrected chi connectivity index (χ1v) is 8.01. The summed E-state index contributed by atoms with van der Waals surface area (Å²) in [7, 11) is -4.67. The van der Waals surface area contributed by atoms with E-state index >= 15 is 0 Å². The Balaban J connectivity index is 2.21. The molecule has 1 aromatic rings. The number of hydrogen-bond acceptors (Lipinski definition) is 4. The first-order valence-electron chi connectivity index (χ1n) is 6.45. The maximum atomic E-state index is 11.0. The van der Waals surface area contributed by atoms with E-state index in [1.165, 1.54) is 24.3 Å². The van der Waals surface area contributed by atoms with Gasteiger partial charge >= 0.3 is 7.75 Å². The third-order valence-corrected chi connectivity index (χ3v) is 3.64. The molecule has 2 rings (SSSR count). The number of phenolic OH excluding ortho intramolecular Hbond substituents is 1. The molecule has 1 aliphatic carbocycles. The first kappa shape index (κ1) is 16.5. The molecule has 22 heavy (non-hydrogen) atoms. The molecule has 0 saturated heterocycles. The van der Waals surface area contributed by atoms with Gasteiger partial charge in [0.1, 0.15) is 11.5 Å². The molecule has 0 saturated carbocycles. The molecule has 1 aliphatic rings. The van der Waals surface area contributed by atoms with Crippen LogP contribution in [0.25, 0.3) is 0 Å². The largest absolute Gasteiger partial charge is 0.508 e. The Labute approximate surface area is 126 Å². The second-order valence-electron chi connectivity index (χ2n) is 4.93. The summed E-state index contributed by atoms with van der Waals surface area (Å²) in [5.41, 5.74) is 0.660. The third kappa shape index (κ3) is 4.54. The molecule has 0 aromatic heterocycles. The van der Waals surface area contributed by atoms with Gasteiger partial charge in [-0.05, 0) is 30.2 Å². The summed E-state index contributed by atoms with van der Waals surface area (Å²) >= 11 is 0. The van der Waals surface area contributed by atoms with Gasteiger partial charge in [-0.15, -0.1) is 0 Å². The fourth-order valence-electron chi connectivity index (χ4n) is 2.17. The summed E-state index contributed by atoms with van der Waals surface area (Å²) in [6, 6.07) is 6.24. The quantitative estimate of drug-likeness (QED) is 0.533. The Morgan fingerprint density at radius 3 is 2.41 bits per heavy atom. The van der Waals surface area contributed by atoms with Crippen molar-refractivity contribution in [3.05, 3.63) is 53.8 Å². The highest BCUT2D eigenvalue weighted by atomic mass is 31.2. The third-order valence-electron chi connectivity index (χ3n) is 3.15. The van der Waals surface area contributed by atoms with Crippen LogP contribution in [0.3, 0.4) is 0 Å². The molecular formula is C14H16NO6P. The Bertz CT molecular complexity index is 673. The van der Waals surface area contributed by atoms with Crippen molar-refractivity contribution in [3.63, 3.8) is 0 Å². The van der Waals surface area contributed by atoms with Gasteiger partial charge in [-0.3, -0.25) is 0 Å². The standard InChI is InChI=1S/C14H16NO6P/c16-10-3-1-9(2-4-10)7-14(18)12-6-5-11(17)8-13(12)15-22(19,20)21/h1-6,8,12,14,16-18H,7H2,(H2,19,20,21). The van der Waals surface area contributed by atoms with Gasteiger partial charge in [0.2, 0.25) is 0 Å². The zero-order valence-electron chi connectivity index (χ0n) is 11.4. The number of phenols is 1. The molecule has 118 valence electrons. The smallest absolute Gasteiger partial charge is 0.448 e. The number of allylic oxidation sites excluding steroid dienone is 2. The molecule has 5 N–H and O–H groups in total. The van der Waals surface area contributed by atoms with E-state index in [4.69, 9.17) is 9.79 Å². The van der Waals surface area contributed by atoms with E-state index < -0.39 is 19.8 Å². The van der Waals surface area contributed by atoms with Gasteiger partial charge in [0, 0.05) is 12.0 Å². The van der Waals surface area contributed by atoms with Crippen LogP contribution in [-0.4, -0.2) is 36.9 Å². The molecular weight excluding hydrogens is 309 g/mol. The Morgan fingerprint density at radius 2 is 1.82 bits per heavy atom. The molecule has 0 spiro atoms. The van der Waals surface area contributed by atoms with Crippen LogP contribution in [0.15, 0.2) is 53.0 Å². The lowest BCUT2D eigenvalue weighted by atomic mass is 9.89. The summed E-state index contributed by atoms with van der Waals surface area (Å²) in [5, 5.41) is 28.9. The van der Waals surface area contributed by atoms with Crippen LogP contribution in [0.2, 0.25) is 0 Å². The molecule has 0 aliphatic heterocycles. The molecule has 7 nitrogen and oxygen atoms in total. The zero-order valence-corrected chi connectivity index (χ0v) is 12.3. The van der Waals surface area contributed by atoms with Gasteiger partial charge in [0.25, 0.3) is 0 Å². The Hall–Kier alpha value is -1.92. The number of aliphatic hydroxyl groups is 2. The van der Waals surface area contributed by atoms with Gasteiger partial charge in [-0.25, -0.2) is 4.57 Å². The van der Waals surface area contributed by atoms with Gasteiger partial charge < -0.3 is 25.1 Å². The van der Waals surface area contributed by atoms with Gasteiger partial charge in [-0.1, -0.05) is 18.2 Å². The van der Waals surface area contributed by atoms with Crippen LogP contribution < -0.4 is 0 Å². The second-order valence-corrected chi connectivity index (χ2v) is 6.16. The van der Waals surface area contributed by atoms with E-state index in [0.29, 0.717) is 0 Å².